The number of carbonyl (C=O) groups is 1. The molecule has 5 nitrogen and oxygen atoms in total. The number of imidazole rings is 1. The molecule has 0 saturated carbocycles. The highest BCUT2D eigenvalue weighted by molar-refractivity contribution is 5.96. The number of hydrogen-bond donors (Lipinski definition) is 0. The zero-order valence-corrected chi connectivity index (χ0v) is 17.9. The minimum absolute atomic E-state index is 0.00642. The topological polar surface area (TPSA) is 50.5 Å². The molecule has 5 heteroatoms. The lowest BCUT2D eigenvalue weighted by atomic mass is 9.80. The molecule has 0 aromatic carbocycles. The Bertz CT molecular complexity index is 997. The highest BCUT2D eigenvalue weighted by atomic mass is 16.2. The molecule has 3 aromatic heterocycles. The molecule has 3 heterocycles. The zero-order valence-electron chi connectivity index (χ0n) is 17.9. The summed E-state index contributed by atoms with van der Waals surface area (Å²) in [6.45, 7) is 14.5. The van der Waals surface area contributed by atoms with E-state index in [4.69, 9.17) is 4.98 Å². The molecule has 0 spiro atoms. The maximum atomic E-state index is 12.9. The summed E-state index contributed by atoms with van der Waals surface area (Å²) in [7, 11) is 0. The number of carbonyl (C=O) groups excluding carboxylic acids is 1. The molecule has 0 fully saturated rings. The maximum absolute atomic E-state index is 12.9. The van der Waals surface area contributed by atoms with E-state index in [1.807, 2.05) is 46.7 Å². The van der Waals surface area contributed by atoms with Gasteiger partial charge in [-0.1, -0.05) is 20.8 Å². The summed E-state index contributed by atoms with van der Waals surface area (Å²) in [6.07, 6.45) is 6.37. The van der Waals surface area contributed by atoms with Crippen molar-refractivity contribution in [1.29, 1.82) is 0 Å². The fourth-order valence-electron chi connectivity index (χ4n) is 4.29. The molecule has 0 unspecified atom stereocenters. The van der Waals surface area contributed by atoms with E-state index in [1.54, 1.807) is 19.3 Å². The summed E-state index contributed by atoms with van der Waals surface area (Å²) in [6, 6.07) is 7.97. The fraction of sp³-hybridized carbons (Fsp3) is 0.435. The van der Waals surface area contributed by atoms with Gasteiger partial charge >= 0.3 is 0 Å². The molecule has 0 saturated heterocycles. The first kappa shape index (κ1) is 20.1. The number of hydrogen-bond acceptors (Lipinski definition) is 3. The lowest BCUT2D eigenvalue weighted by Gasteiger charge is -2.41. The third kappa shape index (κ3) is 3.93. The average Bonchev–Trinajstić information content (AvgIpc) is 2.91. The highest BCUT2D eigenvalue weighted by Gasteiger charge is 2.37. The van der Waals surface area contributed by atoms with Crippen LogP contribution in [0.5, 0.6) is 0 Å². The Kier molecular flexibility index (Phi) is 5.04. The van der Waals surface area contributed by atoms with Gasteiger partial charge in [0, 0.05) is 36.6 Å². The number of aryl methyl sites for hydroxylation is 1. The van der Waals surface area contributed by atoms with Gasteiger partial charge in [0.2, 0.25) is 5.91 Å². The number of anilines is 1. The van der Waals surface area contributed by atoms with Crippen molar-refractivity contribution < 1.29 is 4.79 Å². The number of rotatable bonds is 4. The summed E-state index contributed by atoms with van der Waals surface area (Å²) in [5.41, 5.74) is 3.40. The standard InChI is InChI=1S/C23H30N4O/c1-16-10-13-26-19(14-16)25-20(18-8-11-24-12-9-18)21(26)27(17(2)28)23(6,7)15-22(3,4)5/h8-14H,15H2,1-7H3. The molecule has 0 radical (unpaired) electrons. The Morgan fingerprint density at radius 2 is 1.75 bits per heavy atom. The SMILES string of the molecule is CC(=O)N(c1c(-c2ccncc2)nc2cc(C)ccn12)C(C)(C)CC(C)(C)C. The molecule has 148 valence electrons. The Labute approximate surface area is 167 Å². The molecule has 0 aliphatic heterocycles. The number of nitrogens with zero attached hydrogens (tertiary/aromatic N) is 4. The average molecular weight is 379 g/mol. The van der Waals surface area contributed by atoms with Gasteiger partial charge in [0.25, 0.3) is 0 Å². The third-order valence-corrected chi connectivity index (χ3v) is 4.81. The molecule has 28 heavy (non-hydrogen) atoms. The van der Waals surface area contributed by atoms with Crippen molar-refractivity contribution in [2.75, 3.05) is 4.90 Å². The van der Waals surface area contributed by atoms with Crippen LogP contribution < -0.4 is 4.90 Å². The summed E-state index contributed by atoms with van der Waals surface area (Å²) < 4.78 is 2.02. The van der Waals surface area contributed by atoms with E-state index in [0.717, 1.165) is 34.7 Å². The van der Waals surface area contributed by atoms with Crippen LogP contribution in [0.3, 0.4) is 0 Å². The van der Waals surface area contributed by atoms with Gasteiger partial charge in [-0.25, -0.2) is 4.98 Å². The molecule has 3 aromatic rings. The first-order chi connectivity index (χ1) is 13.0. The van der Waals surface area contributed by atoms with Crippen LogP contribution in [0.4, 0.5) is 5.82 Å². The van der Waals surface area contributed by atoms with E-state index in [-0.39, 0.29) is 16.9 Å². The van der Waals surface area contributed by atoms with Gasteiger partial charge in [-0.2, -0.15) is 0 Å². The molecule has 0 aliphatic rings. The second-order valence-electron chi connectivity index (χ2n) is 9.36. The lowest BCUT2D eigenvalue weighted by Crippen LogP contribution is -2.50. The number of fused-ring (bicyclic) bond motifs is 1. The molecule has 1 amide bonds. The van der Waals surface area contributed by atoms with E-state index < -0.39 is 0 Å². The van der Waals surface area contributed by atoms with Crippen LogP contribution in [0.15, 0.2) is 42.9 Å². The zero-order chi connectivity index (χ0) is 20.7. The summed E-state index contributed by atoms with van der Waals surface area (Å²) in [5, 5.41) is 0. The normalized spacial score (nSPS) is 12.4. The first-order valence-corrected chi connectivity index (χ1v) is 9.69. The van der Waals surface area contributed by atoms with Crippen LogP contribution in [-0.4, -0.2) is 25.8 Å². The van der Waals surface area contributed by atoms with Crippen LogP contribution in [0, 0.1) is 12.3 Å². The van der Waals surface area contributed by atoms with Gasteiger partial charge in [-0.15, -0.1) is 0 Å². The van der Waals surface area contributed by atoms with Crippen LogP contribution in [0.25, 0.3) is 16.9 Å². The Balaban J connectivity index is 2.30. The number of aromatic nitrogens is 3. The van der Waals surface area contributed by atoms with Crippen molar-refractivity contribution in [3.05, 3.63) is 48.4 Å². The van der Waals surface area contributed by atoms with E-state index >= 15 is 0 Å². The largest absolute Gasteiger partial charge is 0.291 e. The molecule has 0 N–H and O–H groups in total. The molecule has 0 bridgehead atoms. The molecular formula is C23H30N4O. The second kappa shape index (κ2) is 7.04. The molecule has 3 rings (SSSR count). The van der Waals surface area contributed by atoms with Crippen LogP contribution in [0.2, 0.25) is 0 Å². The van der Waals surface area contributed by atoms with E-state index in [2.05, 4.69) is 39.6 Å². The van der Waals surface area contributed by atoms with Gasteiger partial charge < -0.3 is 0 Å². The van der Waals surface area contributed by atoms with Crippen LogP contribution in [-0.2, 0) is 4.79 Å². The second-order valence-corrected chi connectivity index (χ2v) is 9.36. The monoisotopic (exact) mass is 378 g/mol. The van der Waals surface area contributed by atoms with Crippen LogP contribution >= 0.6 is 0 Å². The predicted molar refractivity (Wildman–Crippen MR) is 114 cm³/mol. The van der Waals surface area contributed by atoms with Gasteiger partial charge in [-0.05, 0) is 62.4 Å². The van der Waals surface area contributed by atoms with Crippen molar-refractivity contribution in [3.63, 3.8) is 0 Å². The van der Waals surface area contributed by atoms with Gasteiger partial charge in [-0.3, -0.25) is 19.1 Å². The van der Waals surface area contributed by atoms with E-state index in [0.29, 0.717) is 0 Å². The Morgan fingerprint density at radius 1 is 1.11 bits per heavy atom. The van der Waals surface area contributed by atoms with Gasteiger partial charge in [0.1, 0.15) is 17.2 Å². The Hall–Kier alpha value is -2.69. The number of amides is 1. The summed E-state index contributed by atoms with van der Waals surface area (Å²) in [5.74, 6) is 0.815. The van der Waals surface area contributed by atoms with Gasteiger partial charge in [0.15, 0.2) is 0 Å². The summed E-state index contributed by atoms with van der Waals surface area (Å²) in [4.78, 5) is 23.9. The summed E-state index contributed by atoms with van der Waals surface area (Å²) >= 11 is 0. The minimum atomic E-state index is -0.382. The van der Waals surface area contributed by atoms with Crippen molar-refractivity contribution in [2.24, 2.45) is 5.41 Å². The molecule has 0 aliphatic carbocycles. The molecule has 0 atom stereocenters. The minimum Gasteiger partial charge on any atom is -0.291 e. The third-order valence-electron chi connectivity index (χ3n) is 4.81. The van der Waals surface area contributed by atoms with Gasteiger partial charge in [0.05, 0.1) is 0 Å². The maximum Gasteiger partial charge on any atom is 0.225 e. The highest BCUT2D eigenvalue weighted by Crippen LogP contribution is 2.39. The van der Waals surface area contributed by atoms with Crippen molar-refractivity contribution in [3.8, 4) is 11.3 Å². The lowest BCUT2D eigenvalue weighted by molar-refractivity contribution is -0.117. The van der Waals surface area contributed by atoms with Crippen LogP contribution in [0.1, 0.15) is 53.5 Å². The predicted octanol–water partition coefficient (Wildman–Crippen LogP) is 5.27. The smallest absolute Gasteiger partial charge is 0.225 e. The quantitative estimate of drug-likeness (QED) is 0.621. The van der Waals surface area contributed by atoms with Crippen molar-refractivity contribution in [1.82, 2.24) is 14.4 Å². The fourth-order valence-corrected chi connectivity index (χ4v) is 4.29. The molecular weight excluding hydrogens is 348 g/mol. The Morgan fingerprint density at radius 3 is 2.32 bits per heavy atom. The van der Waals surface area contributed by atoms with Crippen molar-refractivity contribution >= 4 is 17.4 Å². The first-order valence-electron chi connectivity index (χ1n) is 9.69. The van der Waals surface area contributed by atoms with E-state index in [9.17, 15) is 4.79 Å². The van der Waals surface area contributed by atoms with E-state index in [1.165, 1.54) is 0 Å². The number of pyridine rings is 2. The van der Waals surface area contributed by atoms with Crippen molar-refractivity contribution in [2.45, 2.75) is 60.4 Å².